The number of hydrogen-bond donors (Lipinski definition) is 1. The van der Waals surface area contributed by atoms with Crippen LogP contribution in [0.25, 0.3) is 0 Å². The van der Waals surface area contributed by atoms with Gasteiger partial charge in [0.25, 0.3) is 0 Å². The first-order valence-corrected chi connectivity index (χ1v) is 6.83. The standard InChI is InChI=1S/C13H25N3O.ClH/c1-13(10-14)5-8-15(11-13)9-12(17)16-6-3-2-4-7-16;/h2-11,14H2,1H3;1H. The smallest absolute Gasteiger partial charge is 0.236 e. The third kappa shape index (κ3) is 3.84. The van der Waals surface area contributed by atoms with E-state index >= 15 is 0 Å². The van der Waals surface area contributed by atoms with Crippen molar-refractivity contribution >= 4 is 18.3 Å². The van der Waals surface area contributed by atoms with Crippen molar-refractivity contribution in [3.05, 3.63) is 0 Å². The van der Waals surface area contributed by atoms with Crippen molar-refractivity contribution in [2.75, 3.05) is 39.3 Å². The minimum atomic E-state index is 0. The number of piperidine rings is 1. The van der Waals surface area contributed by atoms with Gasteiger partial charge in [0.1, 0.15) is 0 Å². The summed E-state index contributed by atoms with van der Waals surface area (Å²) in [5.74, 6) is 0.311. The van der Waals surface area contributed by atoms with Gasteiger partial charge in [-0.05, 0) is 44.2 Å². The fraction of sp³-hybridized carbons (Fsp3) is 0.923. The maximum Gasteiger partial charge on any atom is 0.236 e. The Kier molecular flexibility index (Phi) is 5.89. The van der Waals surface area contributed by atoms with Crippen LogP contribution >= 0.6 is 12.4 Å². The molecule has 0 spiro atoms. The lowest BCUT2D eigenvalue weighted by Crippen LogP contribution is -2.43. The van der Waals surface area contributed by atoms with Crippen LogP contribution in [0.4, 0.5) is 0 Å². The second kappa shape index (κ2) is 6.73. The zero-order valence-electron chi connectivity index (χ0n) is 11.4. The first kappa shape index (κ1) is 15.7. The summed E-state index contributed by atoms with van der Waals surface area (Å²) in [5, 5.41) is 0. The van der Waals surface area contributed by atoms with Gasteiger partial charge in [-0.15, -0.1) is 12.4 Å². The Morgan fingerprint density at radius 1 is 1.22 bits per heavy atom. The van der Waals surface area contributed by atoms with Gasteiger partial charge in [0, 0.05) is 19.6 Å². The zero-order valence-corrected chi connectivity index (χ0v) is 12.2. The molecule has 2 heterocycles. The lowest BCUT2D eigenvalue weighted by Gasteiger charge is -2.29. The van der Waals surface area contributed by atoms with Gasteiger partial charge in [-0.2, -0.15) is 0 Å². The largest absolute Gasteiger partial charge is 0.342 e. The van der Waals surface area contributed by atoms with E-state index in [0.717, 1.165) is 39.1 Å². The minimum absolute atomic E-state index is 0. The SMILES string of the molecule is CC1(CN)CCN(CC(=O)N2CCCCC2)C1.Cl. The number of halogens is 1. The predicted molar refractivity (Wildman–Crippen MR) is 75.9 cm³/mol. The van der Waals surface area contributed by atoms with Gasteiger partial charge in [-0.3, -0.25) is 9.69 Å². The number of nitrogens with zero attached hydrogens (tertiary/aromatic N) is 2. The molecule has 5 heteroatoms. The molecule has 4 nitrogen and oxygen atoms in total. The number of likely N-dealkylation sites (tertiary alicyclic amines) is 2. The van der Waals surface area contributed by atoms with E-state index in [-0.39, 0.29) is 17.8 Å². The van der Waals surface area contributed by atoms with E-state index in [9.17, 15) is 4.79 Å². The lowest BCUT2D eigenvalue weighted by molar-refractivity contribution is -0.133. The van der Waals surface area contributed by atoms with Crippen molar-refractivity contribution in [3.8, 4) is 0 Å². The third-order valence-electron chi connectivity index (χ3n) is 4.20. The highest BCUT2D eigenvalue weighted by atomic mass is 35.5. The van der Waals surface area contributed by atoms with Crippen molar-refractivity contribution in [2.24, 2.45) is 11.1 Å². The average molecular weight is 276 g/mol. The van der Waals surface area contributed by atoms with Gasteiger partial charge in [0.2, 0.25) is 5.91 Å². The summed E-state index contributed by atoms with van der Waals surface area (Å²) in [6, 6.07) is 0. The molecule has 1 unspecified atom stereocenters. The molecule has 2 aliphatic rings. The van der Waals surface area contributed by atoms with Crippen LogP contribution in [0.2, 0.25) is 0 Å². The first-order chi connectivity index (χ1) is 8.13. The fourth-order valence-corrected chi connectivity index (χ4v) is 2.86. The molecule has 106 valence electrons. The van der Waals surface area contributed by atoms with Crippen molar-refractivity contribution in [3.63, 3.8) is 0 Å². The van der Waals surface area contributed by atoms with Crippen LogP contribution < -0.4 is 5.73 Å². The van der Waals surface area contributed by atoms with Crippen LogP contribution in [0.5, 0.6) is 0 Å². The van der Waals surface area contributed by atoms with Gasteiger partial charge >= 0.3 is 0 Å². The summed E-state index contributed by atoms with van der Waals surface area (Å²) in [6.07, 6.45) is 4.74. The second-order valence-electron chi connectivity index (χ2n) is 5.92. The Morgan fingerprint density at radius 3 is 2.44 bits per heavy atom. The van der Waals surface area contributed by atoms with Crippen LogP contribution in [-0.2, 0) is 4.79 Å². The molecular weight excluding hydrogens is 250 g/mol. The van der Waals surface area contributed by atoms with E-state index in [1.165, 1.54) is 19.3 Å². The van der Waals surface area contributed by atoms with Crippen molar-refractivity contribution < 1.29 is 4.79 Å². The summed E-state index contributed by atoms with van der Waals surface area (Å²) in [4.78, 5) is 16.4. The predicted octanol–water partition coefficient (Wildman–Crippen LogP) is 1.09. The number of nitrogens with two attached hydrogens (primary N) is 1. The van der Waals surface area contributed by atoms with Gasteiger partial charge < -0.3 is 10.6 Å². The van der Waals surface area contributed by atoms with E-state index in [0.29, 0.717) is 12.5 Å². The van der Waals surface area contributed by atoms with Crippen LogP contribution in [0.1, 0.15) is 32.6 Å². The van der Waals surface area contributed by atoms with Crippen molar-refractivity contribution in [1.29, 1.82) is 0 Å². The molecule has 2 saturated heterocycles. The molecule has 2 N–H and O–H groups in total. The Balaban J connectivity index is 0.00000162. The van der Waals surface area contributed by atoms with E-state index in [4.69, 9.17) is 5.73 Å². The Hall–Kier alpha value is -0.320. The quantitative estimate of drug-likeness (QED) is 0.839. The Morgan fingerprint density at radius 2 is 1.89 bits per heavy atom. The highest BCUT2D eigenvalue weighted by Crippen LogP contribution is 2.28. The molecule has 0 aromatic carbocycles. The molecule has 1 atom stereocenters. The van der Waals surface area contributed by atoms with E-state index < -0.39 is 0 Å². The number of amides is 1. The zero-order chi connectivity index (χ0) is 12.3. The summed E-state index contributed by atoms with van der Waals surface area (Å²) in [6.45, 7) is 7.45. The molecule has 1 amide bonds. The Labute approximate surface area is 116 Å². The highest BCUT2D eigenvalue weighted by Gasteiger charge is 2.33. The van der Waals surface area contributed by atoms with Crippen molar-refractivity contribution in [1.82, 2.24) is 9.80 Å². The maximum atomic E-state index is 12.1. The second-order valence-corrected chi connectivity index (χ2v) is 5.92. The molecule has 0 aromatic heterocycles. The summed E-state index contributed by atoms with van der Waals surface area (Å²) < 4.78 is 0. The molecular formula is C13H26ClN3O. The monoisotopic (exact) mass is 275 g/mol. The molecule has 18 heavy (non-hydrogen) atoms. The summed E-state index contributed by atoms with van der Waals surface area (Å²) in [5.41, 5.74) is 6.01. The molecule has 0 radical (unpaired) electrons. The molecule has 0 bridgehead atoms. The average Bonchev–Trinajstić information content (AvgIpc) is 2.73. The number of hydrogen-bond acceptors (Lipinski definition) is 3. The molecule has 0 aliphatic carbocycles. The third-order valence-corrected chi connectivity index (χ3v) is 4.20. The van der Waals surface area contributed by atoms with E-state index in [2.05, 4.69) is 11.8 Å². The molecule has 2 rings (SSSR count). The number of carbonyl (C=O) groups is 1. The molecule has 0 aromatic rings. The van der Waals surface area contributed by atoms with Crippen LogP contribution in [0, 0.1) is 5.41 Å². The number of rotatable bonds is 3. The van der Waals surface area contributed by atoms with E-state index in [1.807, 2.05) is 4.90 Å². The van der Waals surface area contributed by atoms with Crippen LogP contribution in [-0.4, -0.2) is 55.0 Å². The Bertz CT molecular complexity index is 281. The lowest BCUT2D eigenvalue weighted by atomic mass is 9.90. The van der Waals surface area contributed by atoms with Gasteiger partial charge in [0.05, 0.1) is 6.54 Å². The molecule has 2 aliphatic heterocycles. The minimum Gasteiger partial charge on any atom is -0.342 e. The molecule has 0 saturated carbocycles. The maximum absolute atomic E-state index is 12.1. The number of carbonyl (C=O) groups excluding carboxylic acids is 1. The van der Waals surface area contributed by atoms with Gasteiger partial charge in [0.15, 0.2) is 0 Å². The van der Waals surface area contributed by atoms with Gasteiger partial charge in [-0.1, -0.05) is 6.92 Å². The highest BCUT2D eigenvalue weighted by molar-refractivity contribution is 5.85. The van der Waals surface area contributed by atoms with E-state index in [1.54, 1.807) is 0 Å². The normalized spacial score (nSPS) is 29.1. The van der Waals surface area contributed by atoms with Gasteiger partial charge in [-0.25, -0.2) is 0 Å². The van der Waals surface area contributed by atoms with Crippen LogP contribution in [0.3, 0.4) is 0 Å². The molecule has 2 fully saturated rings. The fourth-order valence-electron chi connectivity index (χ4n) is 2.86. The summed E-state index contributed by atoms with van der Waals surface area (Å²) in [7, 11) is 0. The summed E-state index contributed by atoms with van der Waals surface area (Å²) >= 11 is 0. The first-order valence-electron chi connectivity index (χ1n) is 6.83. The van der Waals surface area contributed by atoms with Crippen LogP contribution in [0.15, 0.2) is 0 Å². The van der Waals surface area contributed by atoms with Crippen molar-refractivity contribution in [2.45, 2.75) is 32.6 Å². The topological polar surface area (TPSA) is 49.6 Å².